The number of aliphatic imine (C=N–C) groups is 2. The Kier molecular flexibility index (Phi) is 6.09. The molecule has 1 N–H and O–H groups in total. The summed E-state index contributed by atoms with van der Waals surface area (Å²) in [6.45, 7) is 6.39. The zero-order valence-electron chi connectivity index (χ0n) is 17.3. The van der Waals surface area contributed by atoms with Crippen LogP contribution in [0.25, 0.3) is 5.52 Å². The molecule has 1 fully saturated rings. The van der Waals surface area contributed by atoms with Crippen molar-refractivity contribution in [3.05, 3.63) is 39.8 Å². The number of hydrogen-bond donors (Lipinski definition) is 1. The molecule has 1 aliphatic rings. The minimum atomic E-state index is -4.72. The van der Waals surface area contributed by atoms with Gasteiger partial charge in [0.1, 0.15) is 23.6 Å². The Hall–Kier alpha value is -3.31. The van der Waals surface area contributed by atoms with Gasteiger partial charge >= 0.3 is 6.18 Å². The molecule has 0 aromatic carbocycles. The van der Waals surface area contributed by atoms with E-state index in [1.54, 1.807) is 6.07 Å². The van der Waals surface area contributed by atoms with Crippen molar-refractivity contribution >= 4 is 23.9 Å². The van der Waals surface area contributed by atoms with E-state index in [2.05, 4.69) is 32.2 Å². The first-order valence-electron chi connectivity index (χ1n) is 9.58. The monoisotopic (exact) mass is 437 g/mol. The SMILES string of the molecule is C=N/C(=C\C(=N/C)C(F)(F)F)NC(=O)Cn1nc(C(C)C)n2nc(C3CC3)cc2c1=O. The van der Waals surface area contributed by atoms with Crippen LogP contribution in [0.4, 0.5) is 13.2 Å². The standard InChI is InChI=1S/C19H22F3N7O2/c1-10(2)17-27-28(18(31)13-7-12(11-5-6-11)26-29(13)17)9-16(30)25-15(24-4)8-14(23-3)19(20,21)22/h7-8,10-11H,4-6,9H2,1-3H3,(H,25,30)/b15-8+,23-14+. The third-order valence-electron chi connectivity index (χ3n) is 4.67. The highest BCUT2D eigenvalue weighted by Crippen LogP contribution is 2.39. The van der Waals surface area contributed by atoms with Crippen molar-refractivity contribution < 1.29 is 18.0 Å². The lowest BCUT2D eigenvalue weighted by Crippen LogP contribution is -2.35. The van der Waals surface area contributed by atoms with Gasteiger partial charge in [-0.1, -0.05) is 13.8 Å². The molecule has 2 heterocycles. The summed E-state index contributed by atoms with van der Waals surface area (Å²) in [4.78, 5) is 31.8. The largest absolute Gasteiger partial charge is 0.433 e. The van der Waals surface area contributed by atoms with Gasteiger partial charge in [0.15, 0.2) is 5.82 Å². The van der Waals surface area contributed by atoms with E-state index in [1.165, 1.54) is 4.52 Å². The van der Waals surface area contributed by atoms with Crippen LogP contribution in [-0.4, -0.2) is 51.0 Å². The fourth-order valence-corrected chi connectivity index (χ4v) is 2.96. The number of halogens is 3. The summed E-state index contributed by atoms with van der Waals surface area (Å²) in [5, 5.41) is 10.9. The Morgan fingerprint density at radius 3 is 2.58 bits per heavy atom. The van der Waals surface area contributed by atoms with E-state index in [9.17, 15) is 22.8 Å². The predicted molar refractivity (Wildman–Crippen MR) is 108 cm³/mol. The second kappa shape index (κ2) is 8.44. The minimum absolute atomic E-state index is 0.0928. The molecule has 0 radical (unpaired) electrons. The van der Waals surface area contributed by atoms with Gasteiger partial charge in [0.25, 0.3) is 5.56 Å². The normalized spacial score (nSPS) is 15.6. The lowest BCUT2D eigenvalue weighted by molar-refractivity contribution is -0.121. The van der Waals surface area contributed by atoms with Crippen molar-refractivity contribution in [3.8, 4) is 0 Å². The molecule has 0 atom stereocenters. The number of fused-ring (bicyclic) bond motifs is 1. The Bertz CT molecular complexity index is 1140. The molecule has 0 aliphatic heterocycles. The van der Waals surface area contributed by atoms with Crippen LogP contribution in [0.2, 0.25) is 0 Å². The van der Waals surface area contributed by atoms with Gasteiger partial charge in [0.2, 0.25) is 5.91 Å². The van der Waals surface area contributed by atoms with Gasteiger partial charge in [0, 0.05) is 25.0 Å². The number of allylic oxidation sites excluding steroid dienone is 1. The summed E-state index contributed by atoms with van der Waals surface area (Å²) in [6.07, 6.45) is -2.14. The fourth-order valence-electron chi connectivity index (χ4n) is 2.96. The summed E-state index contributed by atoms with van der Waals surface area (Å²) < 4.78 is 41.1. The van der Waals surface area contributed by atoms with Crippen molar-refractivity contribution in [1.82, 2.24) is 24.7 Å². The van der Waals surface area contributed by atoms with Crippen molar-refractivity contribution in [2.45, 2.75) is 51.2 Å². The van der Waals surface area contributed by atoms with Crippen LogP contribution in [-0.2, 0) is 11.3 Å². The van der Waals surface area contributed by atoms with Crippen LogP contribution < -0.4 is 10.9 Å². The number of rotatable bonds is 7. The van der Waals surface area contributed by atoms with Crippen molar-refractivity contribution in [1.29, 1.82) is 0 Å². The molecule has 12 heteroatoms. The Morgan fingerprint density at radius 1 is 1.39 bits per heavy atom. The summed E-state index contributed by atoms with van der Waals surface area (Å²) in [7, 11) is 0.968. The van der Waals surface area contributed by atoms with E-state index in [1.807, 2.05) is 13.8 Å². The summed E-state index contributed by atoms with van der Waals surface area (Å²) in [6, 6.07) is 1.70. The van der Waals surface area contributed by atoms with Crippen LogP contribution in [0, 0.1) is 0 Å². The van der Waals surface area contributed by atoms with Crippen LogP contribution >= 0.6 is 0 Å². The molecule has 0 unspecified atom stereocenters. The molecule has 2 aromatic heterocycles. The van der Waals surface area contributed by atoms with Gasteiger partial charge < -0.3 is 5.32 Å². The van der Waals surface area contributed by atoms with Gasteiger partial charge in [-0.05, 0) is 25.6 Å². The summed E-state index contributed by atoms with van der Waals surface area (Å²) >= 11 is 0. The molecular weight excluding hydrogens is 415 g/mol. The Balaban J connectivity index is 1.90. The Morgan fingerprint density at radius 2 is 2.06 bits per heavy atom. The van der Waals surface area contributed by atoms with E-state index in [0.717, 1.165) is 30.3 Å². The highest BCUT2D eigenvalue weighted by molar-refractivity contribution is 6.00. The molecule has 1 saturated carbocycles. The zero-order valence-corrected chi connectivity index (χ0v) is 17.3. The fraction of sp³-hybridized carbons (Fsp3) is 0.474. The predicted octanol–water partition coefficient (Wildman–Crippen LogP) is 2.18. The van der Waals surface area contributed by atoms with Gasteiger partial charge in [0.05, 0.1) is 5.69 Å². The van der Waals surface area contributed by atoms with E-state index in [0.29, 0.717) is 23.3 Å². The van der Waals surface area contributed by atoms with E-state index < -0.39 is 35.7 Å². The quantitative estimate of drug-likeness (QED) is 0.670. The van der Waals surface area contributed by atoms with Crippen molar-refractivity contribution in [2.75, 3.05) is 7.05 Å². The average molecular weight is 437 g/mol. The molecule has 0 spiro atoms. The van der Waals surface area contributed by atoms with E-state index in [-0.39, 0.29) is 5.92 Å². The molecule has 31 heavy (non-hydrogen) atoms. The molecule has 2 aromatic rings. The van der Waals surface area contributed by atoms with Gasteiger partial charge in [-0.15, -0.1) is 0 Å². The minimum Gasteiger partial charge on any atom is -0.309 e. The van der Waals surface area contributed by atoms with Crippen LogP contribution in [0.1, 0.15) is 50.0 Å². The zero-order chi connectivity index (χ0) is 22.9. The van der Waals surface area contributed by atoms with Crippen LogP contribution in [0.3, 0.4) is 0 Å². The highest BCUT2D eigenvalue weighted by Gasteiger charge is 2.34. The van der Waals surface area contributed by atoms with Gasteiger partial charge in [-0.2, -0.15) is 23.4 Å². The molecule has 1 aliphatic carbocycles. The maximum atomic E-state index is 12.9. The molecule has 9 nitrogen and oxygen atoms in total. The number of carbonyl (C=O) groups is 1. The number of nitrogens with zero attached hydrogens (tertiary/aromatic N) is 6. The van der Waals surface area contributed by atoms with E-state index in [4.69, 9.17) is 0 Å². The third kappa shape index (κ3) is 4.89. The molecule has 166 valence electrons. The highest BCUT2D eigenvalue weighted by atomic mass is 19.4. The van der Waals surface area contributed by atoms with Crippen LogP contribution in [0.5, 0.6) is 0 Å². The Labute approximate surface area is 175 Å². The lowest BCUT2D eigenvalue weighted by atomic mass is 10.2. The topological polar surface area (TPSA) is 106 Å². The number of alkyl halides is 3. The second-order valence-electron chi connectivity index (χ2n) is 7.46. The number of hydrogen-bond acceptors (Lipinski definition) is 6. The lowest BCUT2D eigenvalue weighted by Gasteiger charge is -2.12. The second-order valence-corrected chi connectivity index (χ2v) is 7.46. The molecule has 3 rings (SSSR count). The molecule has 0 saturated heterocycles. The number of carbonyl (C=O) groups excluding carboxylic acids is 1. The maximum Gasteiger partial charge on any atom is 0.433 e. The summed E-state index contributed by atoms with van der Waals surface area (Å²) in [5.74, 6) is -0.506. The first kappa shape index (κ1) is 22.4. The first-order chi connectivity index (χ1) is 14.5. The van der Waals surface area contributed by atoms with E-state index >= 15 is 0 Å². The maximum absolute atomic E-state index is 12.9. The molecule has 1 amide bonds. The first-order valence-corrected chi connectivity index (χ1v) is 9.58. The molecule has 0 bridgehead atoms. The van der Waals surface area contributed by atoms with Gasteiger partial charge in [-0.3, -0.25) is 14.6 Å². The number of amides is 1. The van der Waals surface area contributed by atoms with Crippen LogP contribution in [0.15, 0.2) is 32.7 Å². The van der Waals surface area contributed by atoms with Crippen molar-refractivity contribution in [2.24, 2.45) is 9.98 Å². The number of nitrogens with one attached hydrogen (secondary N) is 1. The molecular formula is C19H22F3N7O2. The third-order valence-corrected chi connectivity index (χ3v) is 4.67. The van der Waals surface area contributed by atoms with Crippen molar-refractivity contribution in [3.63, 3.8) is 0 Å². The summed E-state index contributed by atoms with van der Waals surface area (Å²) in [5.41, 5.74) is -0.658. The average Bonchev–Trinajstić information content (AvgIpc) is 3.44. The smallest absolute Gasteiger partial charge is 0.309 e. The van der Waals surface area contributed by atoms with Gasteiger partial charge in [-0.25, -0.2) is 14.2 Å². The number of aromatic nitrogens is 4.